The summed E-state index contributed by atoms with van der Waals surface area (Å²) in [5, 5.41) is 2.79. The molecule has 3 aromatic rings. The van der Waals surface area contributed by atoms with Gasteiger partial charge in [0.05, 0.1) is 11.0 Å². The molecule has 118 valence electrons. The fourth-order valence-corrected chi connectivity index (χ4v) is 2.53. The lowest BCUT2D eigenvalue weighted by Crippen LogP contribution is -2.29. The van der Waals surface area contributed by atoms with E-state index in [0.717, 1.165) is 22.4 Å². The smallest absolute Gasteiger partial charge is 0.221 e. The predicted octanol–water partition coefficient (Wildman–Crippen LogP) is 1.56. The van der Waals surface area contributed by atoms with Gasteiger partial charge in [0.15, 0.2) is 0 Å². The number of rotatable bonds is 6. The van der Waals surface area contributed by atoms with Crippen LogP contribution in [0.3, 0.4) is 0 Å². The molecule has 2 aromatic heterocycles. The van der Waals surface area contributed by atoms with Crippen molar-refractivity contribution in [1.82, 2.24) is 19.9 Å². The van der Waals surface area contributed by atoms with Gasteiger partial charge in [0.25, 0.3) is 0 Å². The number of pyridine rings is 1. The van der Waals surface area contributed by atoms with Gasteiger partial charge >= 0.3 is 0 Å². The van der Waals surface area contributed by atoms with Crippen molar-refractivity contribution in [1.29, 1.82) is 0 Å². The number of nitrogens with zero attached hydrogens (tertiary/aromatic N) is 3. The van der Waals surface area contributed by atoms with Gasteiger partial charge in [0.1, 0.15) is 5.82 Å². The van der Waals surface area contributed by atoms with Crippen LogP contribution in [0.25, 0.3) is 22.4 Å². The highest BCUT2D eigenvalue weighted by molar-refractivity contribution is 5.81. The summed E-state index contributed by atoms with van der Waals surface area (Å²) in [5.74, 6) is 0.816. The second-order valence-electron chi connectivity index (χ2n) is 5.21. The number of para-hydroxylation sites is 2. The standard InChI is InChI=1S/C17H19N5O/c18-8-10-20-16(23)7-11-22-15-6-2-1-5-14(15)21-17(22)13-4-3-9-19-12-13/h1-6,9,12H,7-8,10-11,18H2,(H,20,23). The average Bonchev–Trinajstić information content (AvgIpc) is 2.97. The summed E-state index contributed by atoms with van der Waals surface area (Å²) in [6, 6.07) is 11.8. The second-order valence-corrected chi connectivity index (χ2v) is 5.21. The fraction of sp³-hybridized carbons (Fsp3) is 0.235. The van der Waals surface area contributed by atoms with E-state index in [-0.39, 0.29) is 5.91 Å². The molecular weight excluding hydrogens is 290 g/mol. The molecule has 23 heavy (non-hydrogen) atoms. The van der Waals surface area contributed by atoms with Gasteiger partial charge < -0.3 is 15.6 Å². The Morgan fingerprint density at radius 1 is 1.22 bits per heavy atom. The Labute approximate surface area is 134 Å². The predicted molar refractivity (Wildman–Crippen MR) is 89.6 cm³/mol. The number of aromatic nitrogens is 3. The van der Waals surface area contributed by atoms with Crippen LogP contribution in [0.2, 0.25) is 0 Å². The summed E-state index contributed by atoms with van der Waals surface area (Å²) < 4.78 is 2.06. The van der Waals surface area contributed by atoms with Gasteiger partial charge in [-0.05, 0) is 24.3 Å². The molecule has 3 N–H and O–H groups in total. The van der Waals surface area contributed by atoms with Crippen molar-refractivity contribution in [2.45, 2.75) is 13.0 Å². The van der Waals surface area contributed by atoms with Crippen molar-refractivity contribution >= 4 is 16.9 Å². The van der Waals surface area contributed by atoms with Crippen molar-refractivity contribution in [2.75, 3.05) is 13.1 Å². The Balaban J connectivity index is 1.92. The van der Waals surface area contributed by atoms with E-state index in [9.17, 15) is 4.79 Å². The highest BCUT2D eigenvalue weighted by atomic mass is 16.1. The zero-order chi connectivity index (χ0) is 16.1. The van der Waals surface area contributed by atoms with Gasteiger partial charge in [-0.2, -0.15) is 0 Å². The third kappa shape index (κ3) is 3.37. The number of carbonyl (C=O) groups is 1. The number of hydrogen-bond donors (Lipinski definition) is 2. The van der Waals surface area contributed by atoms with Crippen LogP contribution in [-0.2, 0) is 11.3 Å². The van der Waals surface area contributed by atoms with Crippen LogP contribution in [0.5, 0.6) is 0 Å². The summed E-state index contributed by atoms with van der Waals surface area (Å²) in [7, 11) is 0. The van der Waals surface area contributed by atoms with E-state index in [1.807, 2.05) is 36.4 Å². The number of fused-ring (bicyclic) bond motifs is 1. The topological polar surface area (TPSA) is 85.8 Å². The molecule has 0 bridgehead atoms. The molecule has 0 aliphatic heterocycles. The number of hydrogen-bond acceptors (Lipinski definition) is 4. The van der Waals surface area contributed by atoms with Gasteiger partial charge in [-0.15, -0.1) is 0 Å². The molecule has 0 fully saturated rings. The lowest BCUT2D eigenvalue weighted by Gasteiger charge is -2.09. The molecule has 2 heterocycles. The number of aryl methyl sites for hydroxylation is 1. The van der Waals surface area contributed by atoms with Crippen molar-refractivity contribution in [3.8, 4) is 11.4 Å². The second kappa shape index (κ2) is 7.02. The molecule has 0 saturated carbocycles. The van der Waals surface area contributed by atoms with Gasteiger partial charge in [-0.3, -0.25) is 9.78 Å². The number of carbonyl (C=O) groups excluding carboxylic acids is 1. The summed E-state index contributed by atoms with van der Waals surface area (Å²) >= 11 is 0. The number of nitrogens with two attached hydrogens (primary N) is 1. The van der Waals surface area contributed by atoms with Crippen LogP contribution in [0.1, 0.15) is 6.42 Å². The number of nitrogens with one attached hydrogen (secondary N) is 1. The number of amides is 1. The van der Waals surface area contributed by atoms with Crippen LogP contribution >= 0.6 is 0 Å². The van der Waals surface area contributed by atoms with E-state index in [4.69, 9.17) is 10.7 Å². The Kier molecular flexibility index (Phi) is 4.63. The summed E-state index contributed by atoms with van der Waals surface area (Å²) in [5.41, 5.74) is 8.26. The maximum atomic E-state index is 11.9. The van der Waals surface area contributed by atoms with Crippen molar-refractivity contribution in [3.05, 3.63) is 48.8 Å². The van der Waals surface area contributed by atoms with Crippen LogP contribution in [0.15, 0.2) is 48.8 Å². The molecule has 3 rings (SSSR count). The number of benzene rings is 1. The van der Waals surface area contributed by atoms with Crippen molar-refractivity contribution in [2.24, 2.45) is 5.73 Å². The van der Waals surface area contributed by atoms with Gasteiger partial charge in [0.2, 0.25) is 5.91 Å². The van der Waals surface area contributed by atoms with E-state index in [1.54, 1.807) is 12.4 Å². The molecule has 0 unspecified atom stereocenters. The van der Waals surface area contributed by atoms with Crippen LogP contribution in [-0.4, -0.2) is 33.5 Å². The third-order valence-corrected chi connectivity index (χ3v) is 3.60. The van der Waals surface area contributed by atoms with Gasteiger partial charge in [-0.25, -0.2) is 4.98 Å². The van der Waals surface area contributed by atoms with Crippen LogP contribution < -0.4 is 11.1 Å². The first-order chi connectivity index (χ1) is 11.3. The van der Waals surface area contributed by atoms with Crippen molar-refractivity contribution in [3.63, 3.8) is 0 Å². The molecule has 0 radical (unpaired) electrons. The van der Waals surface area contributed by atoms with Crippen LogP contribution in [0, 0.1) is 0 Å². The van der Waals surface area contributed by atoms with Crippen molar-refractivity contribution < 1.29 is 4.79 Å². The molecular formula is C17H19N5O. The highest BCUT2D eigenvalue weighted by Gasteiger charge is 2.13. The van der Waals surface area contributed by atoms with Gasteiger partial charge in [-0.1, -0.05) is 12.1 Å². The molecule has 0 aliphatic carbocycles. The quantitative estimate of drug-likeness (QED) is 0.723. The number of imidazole rings is 1. The first kappa shape index (κ1) is 15.2. The third-order valence-electron chi connectivity index (χ3n) is 3.60. The maximum absolute atomic E-state index is 11.9. The molecule has 1 amide bonds. The van der Waals surface area contributed by atoms with E-state index in [0.29, 0.717) is 26.1 Å². The minimum atomic E-state index is -0.00892. The molecule has 0 aliphatic rings. The minimum absolute atomic E-state index is 0.00892. The fourth-order valence-electron chi connectivity index (χ4n) is 2.53. The zero-order valence-electron chi connectivity index (χ0n) is 12.8. The SMILES string of the molecule is NCCNC(=O)CCn1c(-c2cccnc2)nc2ccccc21. The first-order valence-electron chi connectivity index (χ1n) is 7.62. The Bertz CT molecular complexity index is 797. The lowest BCUT2D eigenvalue weighted by molar-refractivity contribution is -0.121. The summed E-state index contributed by atoms with van der Waals surface area (Å²) in [4.78, 5) is 20.7. The normalized spacial score (nSPS) is 10.8. The van der Waals surface area contributed by atoms with E-state index in [2.05, 4.69) is 14.9 Å². The molecule has 0 atom stereocenters. The largest absolute Gasteiger partial charge is 0.355 e. The van der Waals surface area contributed by atoms with Gasteiger partial charge in [0, 0.05) is 44.0 Å². The Morgan fingerprint density at radius 3 is 2.87 bits per heavy atom. The molecule has 6 heteroatoms. The van der Waals surface area contributed by atoms with E-state index in [1.165, 1.54) is 0 Å². The molecule has 1 aromatic carbocycles. The average molecular weight is 309 g/mol. The van der Waals surface area contributed by atoms with Crippen LogP contribution in [0.4, 0.5) is 0 Å². The monoisotopic (exact) mass is 309 g/mol. The first-order valence-corrected chi connectivity index (χ1v) is 7.62. The minimum Gasteiger partial charge on any atom is -0.355 e. The Morgan fingerprint density at radius 2 is 2.09 bits per heavy atom. The summed E-state index contributed by atoms with van der Waals surface area (Å²) in [6.45, 7) is 1.50. The Hall–Kier alpha value is -2.73. The highest BCUT2D eigenvalue weighted by Crippen LogP contribution is 2.24. The lowest BCUT2D eigenvalue weighted by atomic mass is 10.2. The molecule has 0 saturated heterocycles. The van der Waals surface area contributed by atoms with E-state index >= 15 is 0 Å². The zero-order valence-corrected chi connectivity index (χ0v) is 12.8. The summed E-state index contributed by atoms with van der Waals surface area (Å²) in [6.07, 6.45) is 3.90. The molecule has 6 nitrogen and oxygen atoms in total. The van der Waals surface area contributed by atoms with E-state index < -0.39 is 0 Å². The molecule has 0 spiro atoms. The maximum Gasteiger partial charge on any atom is 0.221 e.